The van der Waals surface area contributed by atoms with Gasteiger partial charge in [0.05, 0.1) is 24.1 Å². The van der Waals surface area contributed by atoms with Gasteiger partial charge in [-0.2, -0.15) is 5.10 Å². The summed E-state index contributed by atoms with van der Waals surface area (Å²) in [7, 11) is 2.01. The Balaban J connectivity index is 1.65. The first-order chi connectivity index (χ1) is 11.2. The zero-order valence-electron chi connectivity index (χ0n) is 13.7. The van der Waals surface area contributed by atoms with Crippen LogP contribution >= 0.6 is 0 Å². The number of nitrogens with zero attached hydrogens (tertiary/aromatic N) is 5. The molecule has 1 aliphatic rings. The molecule has 118 valence electrons. The van der Waals surface area contributed by atoms with Crippen molar-refractivity contribution in [1.29, 1.82) is 0 Å². The summed E-state index contributed by atoms with van der Waals surface area (Å²) < 4.78 is 3.88. The predicted octanol–water partition coefficient (Wildman–Crippen LogP) is 2.91. The van der Waals surface area contributed by atoms with Gasteiger partial charge in [-0.25, -0.2) is 4.68 Å². The highest BCUT2D eigenvalue weighted by Gasteiger charge is 2.22. The Labute approximate surface area is 135 Å². The van der Waals surface area contributed by atoms with Gasteiger partial charge in [-0.3, -0.25) is 4.68 Å². The smallest absolute Gasteiger partial charge is 0.131 e. The number of hydrogen-bond donors (Lipinski definition) is 0. The van der Waals surface area contributed by atoms with Crippen molar-refractivity contribution >= 4 is 0 Å². The third kappa shape index (κ3) is 2.67. The van der Waals surface area contributed by atoms with Crippen LogP contribution in [-0.4, -0.2) is 24.8 Å². The maximum atomic E-state index is 4.67. The lowest BCUT2D eigenvalue weighted by molar-refractivity contribution is 0.649. The summed E-state index contributed by atoms with van der Waals surface area (Å²) in [6, 6.07) is 8.51. The Morgan fingerprint density at radius 2 is 2.04 bits per heavy atom. The molecule has 0 radical (unpaired) electrons. The van der Waals surface area contributed by atoms with Gasteiger partial charge < -0.3 is 0 Å². The Bertz CT molecular complexity index is 843. The highest BCUT2D eigenvalue weighted by Crippen LogP contribution is 2.29. The Morgan fingerprint density at radius 1 is 1.17 bits per heavy atom. The van der Waals surface area contributed by atoms with E-state index in [2.05, 4.69) is 46.6 Å². The molecule has 1 aromatic carbocycles. The van der Waals surface area contributed by atoms with Crippen LogP contribution in [0.5, 0.6) is 0 Å². The molecule has 0 fully saturated rings. The van der Waals surface area contributed by atoms with E-state index in [0.717, 1.165) is 30.8 Å². The predicted molar refractivity (Wildman–Crippen MR) is 89.1 cm³/mol. The normalized spacial score (nSPS) is 14.0. The zero-order chi connectivity index (χ0) is 15.8. The van der Waals surface area contributed by atoms with Crippen LogP contribution in [-0.2, 0) is 26.4 Å². The van der Waals surface area contributed by atoms with Crippen molar-refractivity contribution in [2.24, 2.45) is 7.05 Å². The average molecular weight is 307 g/mol. The first-order valence-corrected chi connectivity index (χ1v) is 8.21. The fourth-order valence-electron chi connectivity index (χ4n) is 3.48. The highest BCUT2D eigenvalue weighted by molar-refractivity contribution is 5.60. The third-order valence-corrected chi connectivity index (χ3v) is 4.53. The van der Waals surface area contributed by atoms with Gasteiger partial charge in [0.1, 0.15) is 5.69 Å². The fraction of sp³-hybridized carbons (Fsp3) is 0.389. The van der Waals surface area contributed by atoms with Crippen LogP contribution in [0.15, 0.2) is 30.5 Å². The minimum atomic E-state index is 0.745. The van der Waals surface area contributed by atoms with E-state index in [1.165, 1.54) is 35.2 Å². The highest BCUT2D eigenvalue weighted by atomic mass is 15.4. The van der Waals surface area contributed by atoms with Gasteiger partial charge in [0.2, 0.25) is 0 Å². The van der Waals surface area contributed by atoms with Crippen molar-refractivity contribution in [3.05, 3.63) is 52.8 Å². The zero-order valence-corrected chi connectivity index (χ0v) is 13.7. The minimum Gasteiger partial charge on any atom is -0.266 e. The molecular formula is C18H21N5. The van der Waals surface area contributed by atoms with Crippen LogP contribution in [0.2, 0.25) is 0 Å². The van der Waals surface area contributed by atoms with Crippen molar-refractivity contribution < 1.29 is 0 Å². The van der Waals surface area contributed by atoms with Gasteiger partial charge in [0.25, 0.3) is 0 Å². The first-order valence-electron chi connectivity index (χ1n) is 8.21. The first kappa shape index (κ1) is 14.2. The van der Waals surface area contributed by atoms with Crippen molar-refractivity contribution in [1.82, 2.24) is 24.8 Å². The Kier molecular flexibility index (Phi) is 3.48. The van der Waals surface area contributed by atoms with E-state index < -0.39 is 0 Å². The molecule has 23 heavy (non-hydrogen) atoms. The van der Waals surface area contributed by atoms with Gasteiger partial charge in [-0.1, -0.05) is 35.0 Å². The molecule has 3 aromatic rings. The third-order valence-electron chi connectivity index (χ3n) is 4.53. The molecule has 1 aliphatic carbocycles. The molecule has 2 heterocycles. The second-order valence-corrected chi connectivity index (χ2v) is 6.39. The van der Waals surface area contributed by atoms with Crippen molar-refractivity contribution in [2.75, 3.05) is 0 Å². The molecule has 0 saturated carbocycles. The van der Waals surface area contributed by atoms with Gasteiger partial charge in [-0.05, 0) is 38.2 Å². The lowest BCUT2D eigenvalue weighted by Crippen LogP contribution is -2.01. The average Bonchev–Trinajstić information content (AvgIpc) is 3.10. The molecule has 0 amide bonds. The van der Waals surface area contributed by atoms with E-state index in [4.69, 9.17) is 0 Å². The molecule has 0 aliphatic heterocycles. The van der Waals surface area contributed by atoms with Gasteiger partial charge in [0, 0.05) is 12.6 Å². The van der Waals surface area contributed by atoms with E-state index in [0.29, 0.717) is 0 Å². The second-order valence-electron chi connectivity index (χ2n) is 6.39. The Hall–Kier alpha value is -2.43. The monoisotopic (exact) mass is 307 g/mol. The molecule has 0 bridgehead atoms. The topological polar surface area (TPSA) is 48.5 Å². The van der Waals surface area contributed by atoms with Crippen molar-refractivity contribution in [2.45, 2.75) is 39.2 Å². The summed E-state index contributed by atoms with van der Waals surface area (Å²) in [4.78, 5) is 0. The molecule has 0 saturated heterocycles. The van der Waals surface area contributed by atoms with Crippen LogP contribution in [0.1, 0.15) is 35.2 Å². The van der Waals surface area contributed by atoms with Gasteiger partial charge in [0.15, 0.2) is 0 Å². The molecule has 5 nitrogen and oxygen atoms in total. The number of aryl methyl sites for hydroxylation is 3. The molecule has 5 heteroatoms. The van der Waals surface area contributed by atoms with Crippen LogP contribution in [0.25, 0.3) is 11.4 Å². The van der Waals surface area contributed by atoms with E-state index in [1.54, 1.807) is 0 Å². The maximum Gasteiger partial charge on any atom is 0.131 e. The van der Waals surface area contributed by atoms with Crippen LogP contribution in [0.4, 0.5) is 0 Å². The van der Waals surface area contributed by atoms with E-state index in [-0.39, 0.29) is 0 Å². The minimum absolute atomic E-state index is 0.745. The summed E-state index contributed by atoms with van der Waals surface area (Å²) in [6.45, 7) is 2.85. The van der Waals surface area contributed by atoms with Crippen LogP contribution in [0.3, 0.4) is 0 Å². The van der Waals surface area contributed by atoms with E-state index in [1.807, 2.05) is 22.6 Å². The van der Waals surface area contributed by atoms with Crippen molar-refractivity contribution in [3.8, 4) is 11.4 Å². The standard InChI is InChI=1S/C18H21N5/c1-13-6-5-7-14(10-13)11-23-12-17(19-21-23)18-15-8-3-4-9-16(15)20-22(18)2/h5-7,10,12H,3-4,8-9,11H2,1-2H3. The van der Waals surface area contributed by atoms with Gasteiger partial charge in [-0.15, -0.1) is 5.10 Å². The largest absolute Gasteiger partial charge is 0.266 e. The molecule has 2 aromatic heterocycles. The molecular weight excluding hydrogens is 286 g/mol. The number of aromatic nitrogens is 5. The fourth-order valence-corrected chi connectivity index (χ4v) is 3.48. The molecule has 0 N–H and O–H groups in total. The van der Waals surface area contributed by atoms with Crippen molar-refractivity contribution in [3.63, 3.8) is 0 Å². The molecule has 0 atom stereocenters. The maximum absolute atomic E-state index is 4.67. The van der Waals surface area contributed by atoms with E-state index in [9.17, 15) is 0 Å². The van der Waals surface area contributed by atoms with Crippen LogP contribution in [0, 0.1) is 6.92 Å². The number of hydrogen-bond acceptors (Lipinski definition) is 3. The molecule has 0 unspecified atom stereocenters. The number of fused-ring (bicyclic) bond motifs is 1. The van der Waals surface area contributed by atoms with Crippen LogP contribution < -0.4 is 0 Å². The molecule has 4 rings (SSSR count). The lowest BCUT2D eigenvalue weighted by Gasteiger charge is -2.09. The summed E-state index contributed by atoms with van der Waals surface area (Å²) in [5, 5.41) is 13.4. The lowest BCUT2D eigenvalue weighted by atomic mass is 9.95. The number of benzene rings is 1. The SMILES string of the molecule is Cc1cccc(Cn2cc(-c3c4c(nn3C)CCCC4)nn2)c1. The van der Waals surface area contributed by atoms with Gasteiger partial charge >= 0.3 is 0 Å². The summed E-state index contributed by atoms with van der Waals surface area (Å²) >= 11 is 0. The summed E-state index contributed by atoms with van der Waals surface area (Å²) in [5.74, 6) is 0. The molecule has 0 spiro atoms. The van der Waals surface area contributed by atoms with E-state index >= 15 is 0 Å². The summed E-state index contributed by atoms with van der Waals surface area (Å²) in [5.41, 5.74) is 7.17. The Morgan fingerprint density at radius 3 is 2.91 bits per heavy atom. The quantitative estimate of drug-likeness (QED) is 0.747. The summed E-state index contributed by atoms with van der Waals surface area (Å²) in [6.07, 6.45) is 6.70. The number of rotatable bonds is 3. The second kappa shape index (κ2) is 5.65.